The summed E-state index contributed by atoms with van der Waals surface area (Å²) >= 11 is 0. The van der Waals surface area contributed by atoms with E-state index in [2.05, 4.69) is 15.7 Å². The Hall–Kier alpha value is -2.67. The number of nitrogens with one attached hydrogen (secondary N) is 2. The van der Waals surface area contributed by atoms with Gasteiger partial charge in [-0.1, -0.05) is 37.3 Å². The highest BCUT2D eigenvalue weighted by Gasteiger charge is 2.23. The van der Waals surface area contributed by atoms with E-state index in [0.717, 1.165) is 5.56 Å². The van der Waals surface area contributed by atoms with Crippen molar-refractivity contribution in [3.8, 4) is 0 Å². The van der Waals surface area contributed by atoms with E-state index in [9.17, 15) is 14.7 Å². The molecule has 2 amide bonds. The summed E-state index contributed by atoms with van der Waals surface area (Å²) in [4.78, 5) is 24.6. The Balaban J connectivity index is 2.41. The Morgan fingerprint density at radius 1 is 1.24 bits per heavy atom. The van der Waals surface area contributed by atoms with Gasteiger partial charge in [0.25, 0.3) is 11.8 Å². The number of nitrogens with zero attached hydrogens (tertiary/aromatic N) is 2. The van der Waals surface area contributed by atoms with Crippen molar-refractivity contribution in [2.24, 2.45) is 0 Å². The molecule has 2 rings (SSSR count). The van der Waals surface area contributed by atoms with E-state index >= 15 is 0 Å². The van der Waals surface area contributed by atoms with Crippen LogP contribution in [0.3, 0.4) is 0 Å². The number of benzene rings is 1. The summed E-state index contributed by atoms with van der Waals surface area (Å²) < 4.78 is 1.54. The summed E-state index contributed by atoms with van der Waals surface area (Å²) in [6.45, 7) is 3.64. The van der Waals surface area contributed by atoms with Crippen molar-refractivity contribution in [1.82, 2.24) is 20.4 Å². The van der Waals surface area contributed by atoms with E-state index in [4.69, 9.17) is 0 Å². The lowest BCUT2D eigenvalue weighted by Gasteiger charge is -2.18. The van der Waals surface area contributed by atoms with Crippen LogP contribution >= 0.6 is 0 Å². The van der Waals surface area contributed by atoms with E-state index in [1.165, 1.54) is 13.1 Å². The zero-order valence-electron chi connectivity index (χ0n) is 14.7. The fraction of sp³-hybridized carbons (Fsp3) is 0.389. The molecule has 0 saturated carbocycles. The molecule has 1 heterocycles. The molecule has 7 nitrogen and oxygen atoms in total. The molecular weight excluding hydrogens is 320 g/mol. The van der Waals surface area contributed by atoms with Crippen LogP contribution in [0.2, 0.25) is 0 Å². The summed E-state index contributed by atoms with van der Waals surface area (Å²) in [6.07, 6.45) is 0.604. The third kappa shape index (κ3) is 4.24. The second-order valence-corrected chi connectivity index (χ2v) is 5.79. The number of aliphatic hydroxyl groups excluding tert-OH is 1. The quantitative estimate of drug-likeness (QED) is 0.706. The minimum absolute atomic E-state index is 0.146. The summed E-state index contributed by atoms with van der Waals surface area (Å²) in [5.41, 5.74) is 1.42. The van der Waals surface area contributed by atoms with Crippen LogP contribution in [-0.2, 0) is 0 Å². The summed E-state index contributed by atoms with van der Waals surface area (Å²) in [6, 6.07) is 10.5. The first-order chi connectivity index (χ1) is 12.0. The number of hydrogen-bond donors (Lipinski definition) is 3. The molecule has 2 aromatic rings. The average molecular weight is 344 g/mol. The largest absolute Gasteiger partial charge is 0.394 e. The number of carbonyl (C=O) groups excluding carboxylic acids is 2. The van der Waals surface area contributed by atoms with E-state index in [1.54, 1.807) is 4.68 Å². The minimum Gasteiger partial charge on any atom is -0.394 e. The molecule has 0 bridgehead atoms. The molecule has 0 aliphatic carbocycles. The van der Waals surface area contributed by atoms with Crippen LogP contribution in [0.1, 0.15) is 52.9 Å². The van der Waals surface area contributed by atoms with Crippen molar-refractivity contribution < 1.29 is 14.7 Å². The van der Waals surface area contributed by atoms with Gasteiger partial charge in [-0.05, 0) is 18.9 Å². The molecule has 3 N–H and O–H groups in total. The molecule has 0 saturated heterocycles. The number of aliphatic hydroxyl groups is 1. The van der Waals surface area contributed by atoms with Crippen LogP contribution < -0.4 is 10.6 Å². The molecule has 134 valence electrons. The van der Waals surface area contributed by atoms with Gasteiger partial charge in [-0.15, -0.1) is 0 Å². The van der Waals surface area contributed by atoms with E-state index < -0.39 is 0 Å². The first-order valence-electron chi connectivity index (χ1n) is 8.30. The van der Waals surface area contributed by atoms with E-state index in [-0.39, 0.29) is 41.9 Å². The fourth-order valence-corrected chi connectivity index (χ4v) is 2.51. The van der Waals surface area contributed by atoms with Gasteiger partial charge in [-0.25, -0.2) is 0 Å². The first kappa shape index (κ1) is 18.7. The molecular formula is C18H24N4O3. The molecule has 2 atom stereocenters. The molecule has 7 heteroatoms. The third-order valence-corrected chi connectivity index (χ3v) is 4.13. The molecule has 25 heavy (non-hydrogen) atoms. The van der Waals surface area contributed by atoms with Crippen LogP contribution in [0.25, 0.3) is 0 Å². The van der Waals surface area contributed by atoms with Crippen molar-refractivity contribution >= 4 is 11.8 Å². The van der Waals surface area contributed by atoms with Crippen molar-refractivity contribution in [1.29, 1.82) is 0 Å². The van der Waals surface area contributed by atoms with Crippen LogP contribution in [0.4, 0.5) is 0 Å². The van der Waals surface area contributed by atoms with Crippen molar-refractivity contribution in [3.63, 3.8) is 0 Å². The lowest BCUT2D eigenvalue weighted by atomic mass is 10.1. The topological polar surface area (TPSA) is 96.2 Å². The molecule has 0 aliphatic rings. The average Bonchev–Trinajstić information content (AvgIpc) is 3.10. The first-order valence-corrected chi connectivity index (χ1v) is 8.30. The Bertz CT molecular complexity index is 723. The normalized spacial score (nSPS) is 13.1. The maximum absolute atomic E-state index is 12.6. The second kappa shape index (κ2) is 8.43. The van der Waals surface area contributed by atoms with Crippen molar-refractivity contribution in [2.75, 3.05) is 13.7 Å². The predicted molar refractivity (Wildman–Crippen MR) is 94.5 cm³/mol. The van der Waals surface area contributed by atoms with E-state index in [1.807, 2.05) is 44.2 Å². The molecule has 0 fully saturated rings. The Kier molecular flexibility index (Phi) is 6.30. The van der Waals surface area contributed by atoms with Gasteiger partial charge in [0.15, 0.2) is 5.69 Å². The number of aromatic nitrogens is 2. The van der Waals surface area contributed by atoms with Crippen LogP contribution in [-0.4, -0.2) is 46.4 Å². The van der Waals surface area contributed by atoms with Crippen molar-refractivity contribution in [2.45, 2.75) is 32.4 Å². The molecule has 1 aromatic carbocycles. The zero-order valence-corrected chi connectivity index (χ0v) is 14.7. The second-order valence-electron chi connectivity index (χ2n) is 5.79. The highest BCUT2D eigenvalue weighted by atomic mass is 16.3. The predicted octanol–water partition coefficient (Wildman–Crippen LogP) is 1.35. The monoisotopic (exact) mass is 344 g/mol. The highest BCUT2D eigenvalue weighted by molar-refractivity contribution is 5.98. The lowest BCUT2D eigenvalue weighted by Crippen LogP contribution is -2.38. The molecule has 0 spiro atoms. The smallest absolute Gasteiger partial charge is 0.271 e. The SMILES string of the molecule is CC[C@H](CO)NC(=O)c1cc(C(=O)NC)nn1C(C)c1ccccc1. The van der Waals surface area contributed by atoms with Gasteiger partial charge in [0, 0.05) is 13.1 Å². The number of amides is 2. The van der Waals surface area contributed by atoms with Gasteiger partial charge in [0.2, 0.25) is 0 Å². The highest BCUT2D eigenvalue weighted by Crippen LogP contribution is 2.20. The number of carbonyl (C=O) groups is 2. The molecule has 1 aromatic heterocycles. The maximum atomic E-state index is 12.6. The maximum Gasteiger partial charge on any atom is 0.271 e. The molecule has 0 aliphatic heterocycles. The van der Waals surface area contributed by atoms with Gasteiger partial charge in [0.05, 0.1) is 18.7 Å². The van der Waals surface area contributed by atoms with Gasteiger partial charge in [-0.2, -0.15) is 5.10 Å². The Labute approximate surface area is 147 Å². The fourth-order valence-electron chi connectivity index (χ4n) is 2.51. The Morgan fingerprint density at radius 3 is 2.48 bits per heavy atom. The summed E-state index contributed by atoms with van der Waals surface area (Å²) in [5, 5.41) is 18.9. The summed E-state index contributed by atoms with van der Waals surface area (Å²) in [5.74, 6) is -0.728. The minimum atomic E-state index is -0.369. The van der Waals surface area contributed by atoms with Crippen LogP contribution in [0.15, 0.2) is 36.4 Å². The standard InChI is InChI=1S/C18H24N4O3/c1-4-14(11-23)20-18(25)16-10-15(17(24)19-3)21-22(16)12(2)13-8-6-5-7-9-13/h5-10,12,14,23H,4,11H2,1-3H3,(H,19,24)(H,20,25)/t12?,14-/m1/s1. The van der Waals surface area contributed by atoms with E-state index in [0.29, 0.717) is 6.42 Å². The van der Waals surface area contributed by atoms with Gasteiger partial charge in [0.1, 0.15) is 5.69 Å². The molecule has 1 unspecified atom stereocenters. The third-order valence-electron chi connectivity index (χ3n) is 4.13. The van der Waals surface area contributed by atoms with Gasteiger partial charge < -0.3 is 15.7 Å². The molecule has 0 radical (unpaired) electrons. The zero-order chi connectivity index (χ0) is 18.4. The van der Waals surface area contributed by atoms with Crippen LogP contribution in [0.5, 0.6) is 0 Å². The van der Waals surface area contributed by atoms with Crippen LogP contribution in [0, 0.1) is 0 Å². The summed E-state index contributed by atoms with van der Waals surface area (Å²) in [7, 11) is 1.51. The Morgan fingerprint density at radius 2 is 1.92 bits per heavy atom. The van der Waals surface area contributed by atoms with Gasteiger partial charge in [-0.3, -0.25) is 14.3 Å². The lowest BCUT2D eigenvalue weighted by molar-refractivity contribution is 0.0901. The number of rotatable bonds is 7. The van der Waals surface area contributed by atoms with Gasteiger partial charge >= 0.3 is 0 Å². The number of hydrogen-bond acceptors (Lipinski definition) is 4. The van der Waals surface area contributed by atoms with Crippen molar-refractivity contribution in [3.05, 3.63) is 53.3 Å².